The monoisotopic (exact) mass is 272 g/mol. The van der Waals surface area contributed by atoms with Crippen molar-refractivity contribution >= 4 is 17.6 Å². The Morgan fingerprint density at radius 2 is 2.50 bits per heavy atom. The summed E-state index contributed by atoms with van der Waals surface area (Å²) in [6.45, 7) is 2.48. The van der Waals surface area contributed by atoms with Gasteiger partial charge in [0.2, 0.25) is 0 Å². The molecule has 1 fully saturated rings. The first-order valence-corrected chi connectivity index (χ1v) is 6.30. The van der Waals surface area contributed by atoms with E-state index in [0.717, 1.165) is 19.6 Å². The van der Waals surface area contributed by atoms with Crippen LogP contribution in [-0.2, 0) is 18.3 Å². The molecule has 1 aliphatic heterocycles. The number of halogens is 1. The normalized spacial score (nSPS) is 18.9. The number of rotatable bonds is 4. The summed E-state index contributed by atoms with van der Waals surface area (Å²) in [7, 11) is 1.79. The fourth-order valence-corrected chi connectivity index (χ4v) is 2.08. The van der Waals surface area contributed by atoms with Crippen molar-refractivity contribution in [3.05, 3.63) is 16.9 Å². The molecular formula is C11H17ClN4O2. The third kappa shape index (κ3) is 3.61. The molecular weight excluding hydrogens is 256 g/mol. The van der Waals surface area contributed by atoms with Gasteiger partial charge in [-0.15, -0.1) is 0 Å². The molecule has 6 nitrogen and oxygen atoms in total. The van der Waals surface area contributed by atoms with Crippen molar-refractivity contribution in [2.75, 3.05) is 19.8 Å². The van der Waals surface area contributed by atoms with E-state index in [1.54, 1.807) is 17.9 Å². The molecule has 1 saturated heterocycles. The van der Waals surface area contributed by atoms with Gasteiger partial charge in [0.05, 0.1) is 18.2 Å². The third-order valence-corrected chi connectivity index (χ3v) is 3.16. The molecule has 0 aliphatic carbocycles. The van der Waals surface area contributed by atoms with Crippen molar-refractivity contribution in [2.45, 2.75) is 13.0 Å². The Kier molecular flexibility index (Phi) is 4.43. The van der Waals surface area contributed by atoms with Gasteiger partial charge in [-0.2, -0.15) is 5.10 Å². The zero-order chi connectivity index (χ0) is 13.0. The Labute approximate surface area is 111 Å². The van der Waals surface area contributed by atoms with E-state index in [4.69, 9.17) is 16.3 Å². The number of aryl methyl sites for hydroxylation is 1. The lowest BCUT2D eigenvalue weighted by Crippen LogP contribution is -2.38. The van der Waals surface area contributed by atoms with E-state index in [2.05, 4.69) is 15.7 Å². The molecule has 0 aromatic carbocycles. The second kappa shape index (κ2) is 6.06. The van der Waals surface area contributed by atoms with E-state index in [1.807, 2.05) is 0 Å². The lowest BCUT2D eigenvalue weighted by Gasteiger charge is -2.10. The number of hydrogen-bond donors (Lipinski definition) is 2. The minimum atomic E-state index is -0.205. The summed E-state index contributed by atoms with van der Waals surface area (Å²) in [6, 6.07) is -0.205. The minimum absolute atomic E-state index is 0.205. The Morgan fingerprint density at radius 1 is 1.67 bits per heavy atom. The molecule has 2 rings (SSSR count). The number of nitrogens with one attached hydrogen (secondary N) is 2. The summed E-state index contributed by atoms with van der Waals surface area (Å²) < 4.78 is 6.85. The van der Waals surface area contributed by atoms with Crippen LogP contribution < -0.4 is 10.6 Å². The Hall–Kier alpha value is -1.27. The van der Waals surface area contributed by atoms with Crippen LogP contribution in [0, 0.1) is 5.92 Å². The number of hydrogen-bond acceptors (Lipinski definition) is 3. The van der Waals surface area contributed by atoms with E-state index in [1.165, 1.54) is 0 Å². The van der Waals surface area contributed by atoms with Crippen LogP contribution in [0.25, 0.3) is 0 Å². The van der Waals surface area contributed by atoms with E-state index in [9.17, 15) is 4.79 Å². The number of nitrogens with zero attached hydrogens (tertiary/aromatic N) is 2. The number of aromatic nitrogens is 2. The van der Waals surface area contributed by atoms with Crippen molar-refractivity contribution in [3.63, 3.8) is 0 Å². The molecule has 1 atom stereocenters. The Morgan fingerprint density at radius 3 is 3.11 bits per heavy atom. The number of ether oxygens (including phenoxy) is 1. The van der Waals surface area contributed by atoms with Gasteiger partial charge < -0.3 is 15.4 Å². The quantitative estimate of drug-likeness (QED) is 0.856. The van der Waals surface area contributed by atoms with Crippen LogP contribution >= 0.6 is 11.6 Å². The maximum absolute atomic E-state index is 11.6. The highest BCUT2D eigenvalue weighted by Gasteiger charge is 2.16. The molecule has 1 aromatic heterocycles. The highest BCUT2D eigenvalue weighted by molar-refractivity contribution is 6.31. The van der Waals surface area contributed by atoms with Gasteiger partial charge in [-0.25, -0.2) is 4.79 Å². The minimum Gasteiger partial charge on any atom is -0.381 e. The molecule has 1 unspecified atom stereocenters. The Bertz CT molecular complexity index is 415. The van der Waals surface area contributed by atoms with Gasteiger partial charge in [-0.1, -0.05) is 11.6 Å². The highest BCUT2D eigenvalue weighted by Crippen LogP contribution is 2.12. The predicted molar refractivity (Wildman–Crippen MR) is 67.4 cm³/mol. The van der Waals surface area contributed by atoms with E-state index in [0.29, 0.717) is 29.7 Å². The molecule has 0 radical (unpaired) electrons. The van der Waals surface area contributed by atoms with Gasteiger partial charge >= 0.3 is 6.03 Å². The molecule has 2 amide bonds. The second-order valence-electron chi connectivity index (χ2n) is 4.39. The lowest BCUT2D eigenvalue weighted by atomic mass is 10.1. The first kappa shape index (κ1) is 13.2. The predicted octanol–water partition coefficient (Wildman–Crippen LogP) is 0.909. The fourth-order valence-electron chi connectivity index (χ4n) is 1.83. The van der Waals surface area contributed by atoms with E-state index < -0.39 is 0 Å². The summed E-state index contributed by atoms with van der Waals surface area (Å²) in [4.78, 5) is 11.6. The Balaban J connectivity index is 1.69. The van der Waals surface area contributed by atoms with E-state index in [-0.39, 0.29) is 6.03 Å². The van der Waals surface area contributed by atoms with Crippen LogP contribution in [-0.4, -0.2) is 35.6 Å². The van der Waals surface area contributed by atoms with Gasteiger partial charge in [0.15, 0.2) is 0 Å². The number of urea groups is 1. The fraction of sp³-hybridized carbons (Fsp3) is 0.636. The zero-order valence-electron chi connectivity index (χ0n) is 10.3. The van der Waals surface area contributed by atoms with Crippen molar-refractivity contribution in [2.24, 2.45) is 13.0 Å². The van der Waals surface area contributed by atoms with Gasteiger partial charge in [-0.3, -0.25) is 4.68 Å². The third-order valence-electron chi connectivity index (χ3n) is 2.85. The van der Waals surface area contributed by atoms with E-state index >= 15 is 0 Å². The largest absolute Gasteiger partial charge is 0.381 e. The summed E-state index contributed by atoms with van der Waals surface area (Å²) >= 11 is 5.94. The summed E-state index contributed by atoms with van der Waals surface area (Å²) in [5.74, 6) is 0.425. The van der Waals surface area contributed by atoms with Crippen molar-refractivity contribution < 1.29 is 9.53 Å². The molecule has 0 saturated carbocycles. The summed E-state index contributed by atoms with van der Waals surface area (Å²) in [6.07, 6.45) is 2.71. The van der Waals surface area contributed by atoms with Gasteiger partial charge in [-0.05, 0) is 6.42 Å². The second-order valence-corrected chi connectivity index (χ2v) is 4.80. The summed E-state index contributed by atoms with van der Waals surface area (Å²) in [5.41, 5.74) is 0.665. The molecule has 0 bridgehead atoms. The van der Waals surface area contributed by atoms with Crippen LogP contribution in [0.3, 0.4) is 0 Å². The first-order chi connectivity index (χ1) is 8.65. The van der Waals surface area contributed by atoms with Crippen molar-refractivity contribution in [3.8, 4) is 0 Å². The highest BCUT2D eigenvalue weighted by atomic mass is 35.5. The van der Waals surface area contributed by atoms with Gasteiger partial charge in [0.25, 0.3) is 0 Å². The van der Waals surface area contributed by atoms with Crippen LogP contribution in [0.1, 0.15) is 12.1 Å². The molecule has 2 N–H and O–H groups in total. The van der Waals surface area contributed by atoms with Crippen LogP contribution in [0.2, 0.25) is 5.02 Å². The van der Waals surface area contributed by atoms with Crippen LogP contribution in [0.5, 0.6) is 0 Å². The molecule has 0 spiro atoms. The molecule has 7 heteroatoms. The summed E-state index contributed by atoms with van der Waals surface area (Å²) in [5, 5.41) is 10.2. The van der Waals surface area contributed by atoms with Gasteiger partial charge in [0, 0.05) is 32.3 Å². The standard InChI is InChI=1S/C11H17ClN4O2/c1-16-6-9(12)10(15-16)5-14-11(17)13-4-8-2-3-18-7-8/h6,8H,2-5,7H2,1H3,(H2,13,14,17). The maximum atomic E-state index is 11.6. The zero-order valence-corrected chi connectivity index (χ0v) is 11.0. The number of carbonyl (C=O) groups excluding carboxylic acids is 1. The van der Waals surface area contributed by atoms with Crippen LogP contribution in [0.4, 0.5) is 4.79 Å². The molecule has 2 heterocycles. The first-order valence-electron chi connectivity index (χ1n) is 5.92. The maximum Gasteiger partial charge on any atom is 0.315 e. The lowest BCUT2D eigenvalue weighted by molar-refractivity contribution is 0.185. The topological polar surface area (TPSA) is 68.2 Å². The smallest absolute Gasteiger partial charge is 0.315 e. The SMILES string of the molecule is Cn1cc(Cl)c(CNC(=O)NCC2CCOC2)n1. The molecule has 100 valence electrons. The molecule has 1 aromatic rings. The average molecular weight is 273 g/mol. The van der Waals surface area contributed by atoms with Crippen LogP contribution in [0.15, 0.2) is 6.20 Å². The molecule has 1 aliphatic rings. The van der Waals surface area contributed by atoms with Crippen molar-refractivity contribution in [1.82, 2.24) is 20.4 Å². The number of carbonyl (C=O) groups is 1. The van der Waals surface area contributed by atoms with Crippen molar-refractivity contribution in [1.29, 1.82) is 0 Å². The number of amides is 2. The average Bonchev–Trinajstić information content (AvgIpc) is 2.94. The molecule has 18 heavy (non-hydrogen) atoms. The van der Waals surface area contributed by atoms with Gasteiger partial charge in [0.1, 0.15) is 5.69 Å².